The highest BCUT2D eigenvalue weighted by Gasteiger charge is 2.56. The van der Waals surface area contributed by atoms with E-state index >= 15 is 0 Å². The first-order valence-electron chi connectivity index (χ1n) is 9.87. The SMILES string of the molecule is CCCCOCC1(CC)COC1[Si](C)(C)O[SiH2]C1CCCCC1. The highest BCUT2D eigenvalue weighted by atomic mass is 28.4. The fourth-order valence-electron chi connectivity index (χ4n) is 4.13. The molecular formula is C18H38O3Si2. The van der Waals surface area contributed by atoms with E-state index in [4.69, 9.17) is 13.6 Å². The maximum absolute atomic E-state index is 6.65. The molecule has 0 N–H and O–H groups in total. The molecule has 23 heavy (non-hydrogen) atoms. The highest BCUT2D eigenvalue weighted by molar-refractivity contribution is 6.76. The molecule has 1 aliphatic carbocycles. The van der Waals surface area contributed by atoms with E-state index in [-0.39, 0.29) is 5.41 Å². The van der Waals surface area contributed by atoms with Gasteiger partial charge in [-0.05, 0) is 31.5 Å². The molecule has 1 saturated heterocycles. The van der Waals surface area contributed by atoms with Crippen molar-refractivity contribution in [1.29, 1.82) is 0 Å². The summed E-state index contributed by atoms with van der Waals surface area (Å²) in [5, 5.41) is 0. The second-order valence-corrected chi connectivity index (χ2v) is 14.6. The van der Waals surface area contributed by atoms with Crippen molar-refractivity contribution in [3.63, 3.8) is 0 Å². The summed E-state index contributed by atoms with van der Waals surface area (Å²) in [7, 11) is -2.17. The van der Waals surface area contributed by atoms with Gasteiger partial charge in [0.2, 0.25) is 8.32 Å². The summed E-state index contributed by atoms with van der Waals surface area (Å²) in [5.41, 5.74) is 1.48. The molecule has 1 heterocycles. The van der Waals surface area contributed by atoms with Crippen molar-refractivity contribution in [2.75, 3.05) is 19.8 Å². The first kappa shape index (κ1) is 19.6. The number of ether oxygens (including phenoxy) is 2. The third kappa shape index (κ3) is 5.14. The van der Waals surface area contributed by atoms with Crippen molar-refractivity contribution in [2.45, 2.75) is 89.6 Å². The molecule has 136 valence electrons. The lowest BCUT2D eigenvalue weighted by atomic mass is 9.83. The Hall–Kier alpha value is 0.314. The summed E-state index contributed by atoms with van der Waals surface area (Å²) in [5.74, 6) is 0. The Morgan fingerprint density at radius 3 is 2.48 bits per heavy atom. The molecule has 2 aliphatic rings. The highest BCUT2D eigenvalue weighted by Crippen LogP contribution is 2.44. The van der Waals surface area contributed by atoms with Crippen LogP contribution in [0, 0.1) is 5.41 Å². The molecule has 2 rings (SSSR count). The molecule has 0 spiro atoms. The van der Waals surface area contributed by atoms with Gasteiger partial charge in [-0.2, -0.15) is 0 Å². The summed E-state index contributed by atoms with van der Waals surface area (Å²) in [6.45, 7) is 11.9. The van der Waals surface area contributed by atoms with Gasteiger partial charge in [-0.25, -0.2) is 0 Å². The molecule has 0 aromatic carbocycles. The van der Waals surface area contributed by atoms with Gasteiger partial charge in [0.05, 0.1) is 18.9 Å². The van der Waals surface area contributed by atoms with Crippen LogP contribution in [-0.4, -0.2) is 43.6 Å². The Morgan fingerprint density at radius 2 is 1.91 bits per heavy atom. The van der Waals surface area contributed by atoms with Gasteiger partial charge in [0.1, 0.15) is 9.76 Å². The zero-order chi connectivity index (χ0) is 16.8. The molecule has 5 heteroatoms. The number of hydrogen-bond acceptors (Lipinski definition) is 3. The Labute approximate surface area is 146 Å². The minimum atomic E-state index is -1.77. The Morgan fingerprint density at radius 1 is 1.17 bits per heavy atom. The van der Waals surface area contributed by atoms with Crippen LogP contribution in [0.1, 0.15) is 65.2 Å². The second kappa shape index (κ2) is 9.13. The molecule has 1 saturated carbocycles. The average molecular weight is 359 g/mol. The number of hydrogen-bond donors (Lipinski definition) is 0. The second-order valence-electron chi connectivity index (χ2n) is 8.23. The smallest absolute Gasteiger partial charge is 0.203 e. The minimum absolute atomic E-state index is 0.227. The van der Waals surface area contributed by atoms with E-state index in [9.17, 15) is 0 Å². The molecule has 1 aliphatic heterocycles. The number of rotatable bonds is 10. The van der Waals surface area contributed by atoms with Crippen LogP contribution in [0.5, 0.6) is 0 Å². The van der Waals surface area contributed by atoms with Crippen molar-refractivity contribution in [3.8, 4) is 0 Å². The molecular weight excluding hydrogens is 320 g/mol. The summed E-state index contributed by atoms with van der Waals surface area (Å²) in [4.78, 5) is 0. The van der Waals surface area contributed by atoms with E-state index in [2.05, 4.69) is 26.9 Å². The van der Waals surface area contributed by atoms with Gasteiger partial charge in [0.15, 0.2) is 0 Å². The quantitative estimate of drug-likeness (QED) is 0.433. The summed E-state index contributed by atoms with van der Waals surface area (Å²) < 4.78 is 18.7. The van der Waals surface area contributed by atoms with Gasteiger partial charge in [0.25, 0.3) is 0 Å². The van der Waals surface area contributed by atoms with E-state index < -0.39 is 18.1 Å². The average Bonchev–Trinajstić information content (AvgIpc) is 2.53. The molecule has 0 aromatic rings. The normalized spacial score (nSPS) is 30.0. The topological polar surface area (TPSA) is 27.7 Å². The summed E-state index contributed by atoms with van der Waals surface area (Å²) in [6, 6.07) is 0. The van der Waals surface area contributed by atoms with Crippen molar-refractivity contribution >= 4 is 18.1 Å². The van der Waals surface area contributed by atoms with Gasteiger partial charge in [-0.3, -0.25) is 0 Å². The molecule has 0 aromatic heterocycles. The predicted octanol–water partition coefficient (Wildman–Crippen LogP) is 4.20. The van der Waals surface area contributed by atoms with E-state index in [0.717, 1.165) is 38.2 Å². The first-order valence-corrected chi connectivity index (χ1v) is 14.3. The van der Waals surface area contributed by atoms with Gasteiger partial charge in [-0.1, -0.05) is 52.4 Å². The fraction of sp³-hybridized carbons (Fsp3) is 1.00. The maximum atomic E-state index is 6.65. The van der Waals surface area contributed by atoms with Gasteiger partial charge < -0.3 is 13.6 Å². The lowest BCUT2D eigenvalue weighted by Crippen LogP contribution is -2.67. The van der Waals surface area contributed by atoms with Gasteiger partial charge in [-0.15, -0.1) is 0 Å². The molecule has 0 amide bonds. The van der Waals surface area contributed by atoms with E-state index in [1.54, 1.807) is 0 Å². The van der Waals surface area contributed by atoms with Crippen LogP contribution in [0.3, 0.4) is 0 Å². The van der Waals surface area contributed by atoms with Crippen LogP contribution in [0.15, 0.2) is 0 Å². The van der Waals surface area contributed by atoms with E-state index in [1.165, 1.54) is 38.5 Å². The third-order valence-corrected chi connectivity index (χ3v) is 12.8. The molecule has 2 atom stereocenters. The zero-order valence-electron chi connectivity index (χ0n) is 15.9. The van der Waals surface area contributed by atoms with Crippen LogP contribution in [0.2, 0.25) is 18.6 Å². The van der Waals surface area contributed by atoms with Gasteiger partial charge >= 0.3 is 0 Å². The molecule has 0 radical (unpaired) electrons. The third-order valence-electron chi connectivity index (χ3n) is 5.88. The van der Waals surface area contributed by atoms with E-state index in [1.807, 2.05) is 0 Å². The Bertz CT molecular complexity index is 341. The molecule has 3 nitrogen and oxygen atoms in total. The van der Waals surface area contributed by atoms with Crippen LogP contribution >= 0.6 is 0 Å². The first-order chi connectivity index (χ1) is 11.0. The number of unbranched alkanes of at least 4 members (excludes halogenated alkanes) is 1. The monoisotopic (exact) mass is 358 g/mol. The lowest BCUT2D eigenvalue weighted by Gasteiger charge is -2.54. The largest absolute Gasteiger partial charge is 0.459 e. The van der Waals surface area contributed by atoms with Crippen LogP contribution < -0.4 is 0 Å². The maximum Gasteiger partial charge on any atom is 0.203 e. The predicted molar refractivity (Wildman–Crippen MR) is 102 cm³/mol. The zero-order valence-corrected chi connectivity index (χ0v) is 18.3. The van der Waals surface area contributed by atoms with E-state index in [0.29, 0.717) is 5.73 Å². The van der Waals surface area contributed by atoms with Crippen molar-refractivity contribution < 1.29 is 13.6 Å². The van der Waals surface area contributed by atoms with Crippen molar-refractivity contribution in [2.24, 2.45) is 5.41 Å². The van der Waals surface area contributed by atoms with Crippen LogP contribution in [0.25, 0.3) is 0 Å². The van der Waals surface area contributed by atoms with Crippen LogP contribution in [0.4, 0.5) is 0 Å². The van der Waals surface area contributed by atoms with Crippen molar-refractivity contribution in [3.05, 3.63) is 0 Å². The molecule has 2 fully saturated rings. The Kier molecular flexibility index (Phi) is 7.80. The lowest BCUT2D eigenvalue weighted by molar-refractivity contribution is -0.183. The van der Waals surface area contributed by atoms with Gasteiger partial charge in [0, 0.05) is 12.0 Å². The fourth-order valence-corrected chi connectivity index (χ4v) is 10.6. The minimum Gasteiger partial charge on any atom is -0.459 e. The van der Waals surface area contributed by atoms with Crippen molar-refractivity contribution in [1.82, 2.24) is 0 Å². The summed E-state index contributed by atoms with van der Waals surface area (Å²) >= 11 is 0. The Balaban J connectivity index is 1.83. The molecule has 0 bridgehead atoms. The van der Waals surface area contributed by atoms with Crippen LogP contribution in [-0.2, 0) is 13.6 Å². The summed E-state index contributed by atoms with van der Waals surface area (Å²) in [6.07, 6.45) is 10.6. The standard InChI is InChI=1S/C18H38O3Si2/c1-5-7-13-19-14-18(6-2)15-20-17(18)23(3,4)21-22-16-11-9-8-10-12-16/h16-17H,5-15,22H2,1-4H3. The molecule has 2 unspecified atom stereocenters.